The van der Waals surface area contributed by atoms with Crippen LogP contribution in [0.2, 0.25) is 0 Å². The van der Waals surface area contributed by atoms with E-state index in [0.29, 0.717) is 24.5 Å². The molecule has 1 aromatic carbocycles. The molecule has 154 valence electrons. The molecule has 0 bridgehead atoms. The number of aliphatic imine (C=N–C) groups is 1. The van der Waals surface area contributed by atoms with E-state index in [2.05, 4.69) is 58.0 Å². The lowest BCUT2D eigenvalue weighted by atomic mass is 10.1. The fourth-order valence-electron chi connectivity index (χ4n) is 2.81. The molecule has 2 aromatic rings. The Morgan fingerprint density at radius 1 is 1.07 bits per heavy atom. The highest BCUT2D eigenvalue weighted by molar-refractivity contribution is 14.0. The van der Waals surface area contributed by atoms with Crippen LogP contribution in [0.3, 0.4) is 0 Å². The smallest absolute Gasteiger partial charge is 0.263 e. The van der Waals surface area contributed by atoms with Crippen molar-refractivity contribution in [2.75, 3.05) is 26.2 Å². The average Bonchev–Trinajstić information content (AvgIpc) is 3.03. The van der Waals surface area contributed by atoms with Crippen LogP contribution in [-0.2, 0) is 6.42 Å². The highest BCUT2D eigenvalue weighted by Crippen LogP contribution is 2.11. The quantitative estimate of drug-likeness (QED) is 0.219. The van der Waals surface area contributed by atoms with Crippen molar-refractivity contribution in [1.29, 1.82) is 0 Å². The van der Waals surface area contributed by atoms with Crippen LogP contribution in [0.25, 0.3) is 0 Å². The van der Waals surface area contributed by atoms with Crippen molar-refractivity contribution in [3.8, 4) is 0 Å². The predicted octanol–water partition coefficient (Wildman–Crippen LogP) is 3.21. The Kier molecular flexibility index (Phi) is 11.1. The summed E-state index contributed by atoms with van der Waals surface area (Å²) in [7, 11) is 0. The number of hydrogen-bond acceptors (Lipinski definition) is 4. The lowest BCUT2D eigenvalue weighted by Crippen LogP contribution is -2.41. The molecule has 0 saturated heterocycles. The van der Waals surface area contributed by atoms with Gasteiger partial charge >= 0.3 is 0 Å². The van der Waals surface area contributed by atoms with Crippen molar-refractivity contribution in [3.05, 3.63) is 51.0 Å². The number of nitrogens with zero attached hydrogens (tertiary/aromatic N) is 2. The Morgan fingerprint density at radius 2 is 1.75 bits per heavy atom. The fraction of sp³-hybridized carbons (Fsp3) is 0.450. The van der Waals surface area contributed by atoms with Crippen molar-refractivity contribution in [3.63, 3.8) is 0 Å². The van der Waals surface area contributed by atoms with Crippen molar-refractivity contribution in [2.24, 2.45) is 4.99 Å². The van der Waals surface area contributed by atoms with E-state index < -0.39 is 0 Å². The van der Waals surface area contributed by atoms with Crippen LogP contribution in [0.4, 0.5) is 0 Å². The Labute approximate surface area is 188 Å². The molecule has 0 unspecified atom stereocenters. The van der Waals surface area contributed by atoms with E-state index in [-0.39, 0.29) is 29.9 Å². The lowest BCUT2D eigenvalue weighted by molar-refractivity contribution is 0.0957. The normalized spacial score (nSPS) is 10.9. The number of carbonyl (C=O) groups is 1. The van der Waals surface area contributed by atoms with Gasteiger partial charge in [-0.1, -0.05) is 29.3 Å². The molecule has 1 aromatic heterocycles. The van der Waals surface area contributed by atoms with E-state index in [1.165, 1.54) is 28.0 Å². The van der Waals surface area contributed by atoms with Crippen LogP contribution < -0.4 is 16.0 Å². The van der Waals surface area contributed by atoms with Gasteiger partial charge in [-0.2, -0.15) is 0 Å². The third kappa shape index (κ3) is 8.14. The minimum Gasteiger partial charge on any atom is -0.357 e. The van der Waals surface area contributed by atoms with Crippen molar-refractivity contribution < 1.29 is 4.79 Å². The predicted molar refractivity (Wildman–Crippen MR) is 128 cm³/mol. The number of guanidine groups is 1. The number of nitrogens with one attached hydrogen (secondary N) is 3. The number of aromatic nitrogens is 1. The molecule has 1 heterocycles. The first kappa shape index (κ1) is 24.4. The number of aryl methyl sites for hydroxylation is 3. The Balaban J connectivity index is 0.00000392. The highest BCUT2D eigenvalue weighted by atomic mass is 127. The third-order valence-electron chi connectivity index (χ3n) is 3.95. The lowest BCUT2D eigenvalue weighted by Gasteiger charge is -2.12. The van der Waals surface area contributed by atoms with Crippen LogP contribution in [0, 0.1) is 20.8 Å². The number of thiazole rings is 1. The van der Waals surface area contributed by atoms with Crippen LogP contribution >= 0.6 is 35.3 Å². The number of rotatable bonds is 8. The van der Waals surface area contributed by atoms with E-state index >= 15 is 0 Å². The molecule has 0 fully saturated rings. The topological polar surface area (TPSA) is 78.4 Å². The van der Waals surface area contributed by atoms with E-state index in [4.69, 9.17) is 0 Å². The van der Waals surface area contributed by atoms with Crippen molar-refractivity contribution in [2.45, 2.75) is 34.1 Å². The summed E-state index contributed by atoms with van der Waals surface area (Å²) >= 11 is 1.36. The molecule has 0 aliphatic rings. The zero-order valence-electron chi connectivity index (χ0n) is 17.0. The number of halogens is 1. The van der Waals surface area contributed by atoms with Gasteiger partial charge in [0.1, 0.15) is 4.88 Å². The zero-order valence-corrected chi connectivity index (χ0v) is 20.1. The maximum Gasteiger partial charge on any atom is 0.263 e. The molecule has 2 rings (SSSR count). The van der Waals surface area contributed by atoms with Crippen molar-refractivity contribution in [1.82, 2.24) is 20.9 Å². The van der Waals surface area contributed by atoms with E-state index in [1.807, 2.05) is 13.8 Å². The molecule has 0 spiro atoms. The molecule has 6 nitrogen and oxygen atoms in total. The molecule has 0 saturated carbocycles. The van der Waals surface area contributed by atoms with Crippen LogP contribution in [0.1, 0.15) is 39.0 Å². The largest absolute Gasteiger partial charge is 0.357 e. The SMILES string of the molecule is CCNC(=NCCc1cc(C)cc(C)c1)NCCNC(=O)c1scnc1C.I. The summed E-state index contributed by atoms with van der Waals surface area (Å²) in [6.45, 7) is 10.8. The van der Waals surface area contributed by atoms with E-state index in [9.17, 15) is 4.79 Å². The van der Waals surface area contributed by atoms with Gasteiger partial charge in [-0.25, -0.2) is 4.98 Å². The van der Waals surface area contributed by atoms with Crippen LogP contribution in [0.5, 0.6) is 0 Å². The van der Waals surface area contributed by atoms with Crippen LogP contribution in [0.15, 0.2) is 28.7 Å². The maximum atomic E-state index is 12.1. The van der Waals surface area contributed by atoms with Gasteiger partial charge in [0.2, 0.25) is 0 Å². The first-order chi connectivity index (χ1) is 13.0. The molecule has 8 heteroatoms. The molecular formula is C20H30IN5OS. The summed E-state index contributed by atoms with van der Waals surface area (Å²) in [5, 5.41) is 9.40. The highest BCUT2D eigenvalue weighted by Gasteiger charge is 2.10. The molecule has 0 aliphatic carbocycles. The summed E-state index contributed by atoms with van der Waals surface area (Å²) in [6, 6.07) is 6.60. The van der Waals surface area contributed by atoms with E-state index in [1.54, 1.807) is 5.51 Å². The number of amides is 1. The second kappa shape index (κ2) is 12.7. The molecule has 3 N–H and O–H groups in total. The zero-order chi connectivity index (χ0) is 19.6. The van der Waals surface area contributed by atoms with Crippen LogP contribution in [-0.4, -0.2) is 43.0 Å². The van der Waals surface area contributed by atoms with Gasteiger partial charge in [0.25, 0.3) is 5.91 Å². The minimum absolute atomic E-state index is 0. The van der Waals surface area contributed by atoms with Gasteiger partial charge in [-0.3, -0.25) is 9.79 Å². The summed E-state index contributed by atoms with van der Waals surface area (Å²) < 4.78 is 0. The molecule has 0 atom stereocenters. The van der Waals surface area contributed by atoms with Gasteiger partial charge in [0.05, 0.1) is 11.2 Å². The number of hydrogen-bond donors (Lipinski definition) is 3. The van der Waals surface area contributed by atoms with Gasteiger partial charge in [-0.15, -0.1) is 35.3 Å². The van der Waals surface area contributed by atoms with Crippen molar-refractivity contribution >= 4 is 47.2 Å². The third-order valence-corrected chi connectivity index (χ3v) is 4.88. The summed E-state index contributed by atoms with van der Waals surface area (Å²) in [5.41, 5.74) is 6.33. The summed E-state index contributed by atoms with van der Waals surface area (Å²) in [4.78, 5) is 21.5. The second-order valence-corrected chi connectivity index (χ2v) is 7.31. The second-order valence-electron chi connectivity index (χ2n) is 6.46. The molecular weight excluding hydrogens is 485 g/mol. The molecule has 28 heavy (non-hydrogen) atoms. The van der Waals surface area contributed by atoms with Gasteiger partial charge in [0, 0.05) is 26.2 Å². The molecule has 0 radical (unpaired) electrons. The maximum absolute atomic E-state index is 12.1. The standard InChI is InChI=1S/C20H29N5OS.HI/c1-5-21-20(23-7-6-17-11-14(2)10-15(3)12-17)24-9-8-22-19(26)18-16(4)25-13-27-18;/h10-13H,5-9H2,1-4H3,(H,22,26)(H2,21,23,24);1H. The van der Waals surface area contributed by atoms with Gasteiger partial charge < -0.3 is 16.0 Å². The Morgan fingerprint density at radius 3 is 2.36 bits per heavy atom. The molecule has 1 amide bonds. The fourth-order valence-corrected chi connectivity index (χ4v) is 3.53. The van der Waals surface area contributed by atoms with E-state index in [0.717, 1.165) is 24.6 Å². The molecule has 0 aliphatic heterocycles. The Bertz CT molecular complexity index is 770. The minimum atomic E-state index is -0.0754. The number of benzene rings is 1. The first-order valence-corrected chi connectivity index (χ1v) is 10.1. The number of carbonyl (C=O) groups excluding carboxylic acids is 1. The summed E-state index contributed by atoms with van der Waals surface area (Å²) in [6.07, 6.45) is 0.903. The van der Waals surface area contributed by atoms with Gasteiger partial charge in [-0.05, 0) is 39.7 Å². The monoisotopic (exact) mass is 515 g/mol. The summed E-state index contributed by atoms with van der Waals surface area (Å²) in [5.74, 6) is 0.693. The Hall–Kier alpha value is -1.68. The first-order valence-electron chi connectivity index (χ1n) is 9.27. The average molecular weight is 515 g/mol. The van der Waals surface area contributed by atoms with Gasteiger partial charge in [0.15, 0.2) is 5.96 Å².